The minimum Gasteiger partial charge on any atom is -0.379 e. The minimum absolute atomic E-state index is 0.821. The quantitative estimate of drug-likeness (QED) is 0.737. The average molecular weight is 304 g/mol. The van der Waals surface area contributed by atoms with E-state index in [-0.39, 0.29) is 0 Å². The first-order chi connectivity index (χ1) is 11.4. The number of morpholine rings is 1. The average Bonchev–Trinajstić information content (AvgIpc) is 2.63. The predicted molar refractivity (Wildman–Crippen MR) is 93.3 cm³/mol. The van der Waals surface area contributed by atoms with Crippen LogP contribution in [0.2, 0.25) is 0 Å². The maximum Gasteiger partial charge on any atom is 0.0708 e. The monoisotopic (exact) mass is 304 g/mol. The molecule has 0 saturated carbocycles. The fourth-order valence-corrected chi connectivity index (χ4v) is 3.25. The summed E-state index contributed by atoms with van der Waals surface area (Å²) in [4.78, 5) is 7.12. The van der Waals surface area contributed by atoms with Crippen LogP contribution in [0.1, 0.15) is 5.56 Å². The van der Waals surface area contributed by atoms with Crippen LogP contribution < -0.4 is 0 Å². The second-order valence-electron chi connectivity index (χ2n) is 5.93. The molecule has 0 N–H and O–H groups in total. The molecule has 1 aliphatic heterocycles. The number of pyridine rings is 1. The molecule has 0 aliphatic carbocycles. The molecule has 0 spiro atoms. The molecule has 0 radical (unpaired) electrons. The summed E-state index contributed by atoms with van der Waals surface area (Å²) in [7, 11) is 0. The van der Waals surface area contributed by atoms with Crippen molar-refractivity contribution in [3.8, 4) is 11.1 Å². The molecule has 3 nitrogen and oxygen atoms in total. The van der Waals surface area contributed by atoms with Crippen LogP contribution in [0, 0.1) is 0 Å². The number of aromatic nitrogens is 1. The van der Waals surface area contributed by atoms with E-state index < -0.39 is 0 Å². The van der Waals surface area contributed by atoms with E-state index in [1.165, 1.54) is 22.1 Å². The topological polar surface area (TPSA) is 25.4 Å². The van der Waals surface area contributed by atoms with Gasteiger partial charge < -0.3 is 4.74 Å². The third-order valence-electron chi connectivity index (χ3n) is 4.41. The SMILES string of the molecule is c1ccc(-c2c(CN3CCOCC3)cnc3ccccc23)cc1. The fraction of sp³-hybridized carbons (Fsp3) is 0.250. The standard InChI is InChI=1S/C20H20N2O/c1-2-6-16(7-3-1)20-17(15-22-10-12-23-13-11-22)14-21-19-9-5-4-8-18(19)20/h1-9,14H,10-13,15H2. The molecule has 116 valence electrons. The first-order valence-corrected chi connectivity index (χ1v) is 8.14. The maximum absolute atomic E-state index is 5.47. The van der Waals surface area contributed by atoms with Crippen LogP contribution in [0.4, 0.5) is 0 Å². The van der Waals surface area contributed by atoms with Crippen molar-refractivity contribution < 1.29 is 4.74 Å². The van der Waals surface area contributed by atoms with Crippen LogP contribution in [0.15, 0.2) is 60.8 Å². The molecule has 0 atom stereocenters. The zero-order chi connectivity index (χ0) is 15.5. The highest BCUT2D eigenvalue weighted by Gasteiger charge is 2.16. The molecular formula is C20H20N2O. The van der Waals surface area contributed by atoms with Crippen molar-refractivity contribution in [3.63, 3.8) is 0 Å². The molecule has 3 heteroatoms. The highest BCUT2D eigenvalue weighted by Crippen LogP contribution is 2.31. The van der Waals surface area contributed by atoms with Crippen molar-refractivity contribution in [2.24, 2.45) is 0 Å². The summed E-state index contributed by atoms with van der Waals surface area (Å²) in [5.41, 5.74) is 4.91. The Kier molecular flexibility index (Phi) is 4.05. The Balaban J connectivity index is 1.83. The molecule has 2 heterocycles. The van der Waals surface area contributed by atoms with Gasteiger partial charge in [-0.25, -0.2) is 0 Å². The van der Waals surface area contributed by atoms with Gasteiger partial charge in [-0.3, -0.25) is 9.88 Å². The van der Waals surface area contributed by atoms with E-state index in [1.807, 2.05) is 12.3 Å². The second kappa shape index (κ2) is 6.49. The minimum atomic E-state index is 0.821. The summed E-state index contributed by atoms with van der Waals surface area (Å²) in [6, 6.07) is 19.0. The Morgan fingerprint density at radius 3 is 2.48 bits per heavy atom. The Bertz CT molecular complexity index is 795. The molecule has 2 aromatic carbocycles. The van der Waals surface area contributed by atoms with Crippen LogP contribution in [0.3, 0.4) is 0 Å². The number of para-hydroxylation sites is 1. The molecule has 0 unspecified atom stereocenters. The van der Waals surface area contributed by atoms with Crippen LogP contribution in [-0.4, -0.2) is 36.2 Å². The van der Waals surface area contributed by atoms with E-state index in [2.05, 4.69) is 58.4 Å². The Morgan fingerprint density at radius 1 is 0.913 bits per heavy atom. The van der Waals surface area contributed by atoms with Gasteiger partial charge in [0.05, 0.1) is 18.7 Å². The van der Waals surface area contributed by atoms with Crippen LogP contribution in [-0.2, 0) is 11.3 Å². The second-order valence-corrected chi connectivity index (χ2v) is 5.93. The van der Waals surface area contributed by atoms with E-state index >= 15 is 0 Å². The molecule has 0 bridgehead atoms. The summed E-state index contributed by atoms with van der Waals surface area (Å²) in [5.74, 6) is 0. The van der Waals surface area contributed by atoms with Crippen molar-refractivity contribution in [3.05, 3.63) is 66.4 Å². The molecule has 1 aliphatic rings. The number of fused-ring (bicyclic) bond motifs is 1. The van der Waals surface area contributed by atoms with Gasteiger partial charge in [0, 0.05) is 31.2 Å². The van der Waals surface area contributed by atoms with Crippen molar-refractivity contribution >= 4 is 10.9 Å². The van der Waals surface area contributed by atoms with Gasteiger partial charge in [-0.15, -0.1) is 0 Å². The van der Waals surface area contributed by atoms with Gasteiger partial charge in [-0.1, -0.05) is 48.5 Å². The van der Waals surface area contributed by atoms with Crippen molar-refractivity contribution in [1.29, 1.82) is 0 Å². The first-order valence-electron chi connectivity index (χ1n) is 8.14. The zero-order valence-electron chi connectivity index (χ0n) is 13.1. The number of benzene rings is 2. The predicted octanol–water partition coefficient (Wildman–Crippen LogP) is 3.73. The maximum atomic E-state index is 5.47. The van der Waals surface area contributed by atoms with Gasteiger partial charge in [-0.05, 0) is 22.8 Å². The van der Waals surface area contributed by atoms with Gasteiger partial charge in [-0.2, -0.15) is 0 Å². The van der Waals surface area contributed by atoms with E-state index in [1.54, 1.807) is 0 Å². The third-order valence-corrected chi connectivity index (χ3v) is 4.41. The van der Waals surface area contributed by atoms with E-state index in [0.717, 1.165) is 38.4 Å². The van der Waals surface area contributed by atoms with E-state index in [9.17, 15) is 0 Å². The number of rotatable bonds is 3. The van der Waals surface area contributed by atoms with Crippen molar-refractivity contribution in [2.45, 2.75) is 6.54 Å². The molecule has 4 rings (SSSR count). The van der Waals surface area contributed by atoms with Crippen molar-refractivity contribution in [2.75, 3.05) is 26.3 Å². The molecule has 0 amide bonds. The molecule has 1 fully saturated rings. The van der Waals surface area contributed by atoms with Crippen LogP contribution >= 0.6 is 0 Å². The van der Waals surface area contributed by atoms with E-state index in [4.69, 9.17) is 4.74 Å². The number of ether oxygens (including phenoxy) is 1. The lowest BCUT2D eigenvalue weighted by molar-refractivity contribution is 0.0342. The smallest absolute Gasteiger partial charge is 0.0708 e. The number of hydrogen-bond acceptors (Lipinski definition) is 3. The first kappa shape index (κ1) is 14.4. The Labute approximate surface area is 136 Å². The summed E-state index contributed by atoms with van der Waals surface area (Å²) < 4.78 is 5.47. The normalized spacial score (nSPS) is 15.8. The highest BCUT2D eigenvalue weighted by atomic mass is 16.5. The molecule has 1 aromatic heterocycles. The highest BCUT2D eigenvalue weighted by molar-refractivity contribution is 5.95. The lowest BCUT2D eigenvalue weighted by Gasteiger charge is -2.27. The lowest BCUT2D eigenvalue weighted by Crippen LogP contribution is -2.35. The van der Waals surface area contributed by atoms with E-state index in [0.29, 0.717) is 0 Å². The number of nitrogens with zero attached hydrogens (tertiary/aromatic N) is 2. The Morgan fingerprint density at radius 2 is 1.65 bits per heavy atom. The molecular weight excluding hydrogens is 284 g/mol. The lowest BCUT2D eigenvalue weighted by atomic mass is 9.96. The van der Waals surface area contributed by atoms with Gasteiger partial charge >= 0.3 is 0 Å². The van der Waals surface area contributed by atoms with Crippen molar-refractivity contribution in [1.82, 2.24) is 9.88 Å². The largest absolute Gasteiger partial charge is 0.379 e. The zero-order valence-corrected chi connectivity index (χ0v) is 13.1. The van der Waals surface area contributed by atoms with Crippen LogP contribution in [0.5, 0.6) is 0 Å². The summed E-state index contributed by atoms with van der Waals surface area (Å²) in [6.45, 7) is 4.54. The summed E-state index contributed by atoms with van der Waals surface area (Å²) in [5, 5.41) is 1.23. The van der Waals surface area contributed by atoms with Crippen LogP contribution in [0.25, 0.3) is 22.0 Å². The fourth-order valence-electron chi connectivity index (χ4n) is 3.25. The Hall–Kier alpha value is -2.23. The van der Waals surface area contributed by atoms with Gasteiger partial charge in [0.15, 0.2) is 0 Å². The molecule has 1 saturated heterocycles. The summed E-state index contributed by atoms with van der Waals surface area (Å²) in [6.07, 6.45) is 2.04. The van der Waals surface area contributed by atoms with Gasteiger partial charge in [0.25, 0.3) is 0 Å². The summed E-state index contributed by atoms with van der Waals surface area (Å²) >= 11 is 0. The third kappa shape index (κ3) is 2.98. The molecule has 23 heavy (non-hydrogen) atoms. The number of hydrogen-bond donors (Lipinski definition) is 0. The molecule has 3 aromatic rings. The van der Waals surface area contributed by atoms with Gasteiger partial charge in [0.2, 0.25) is 0 Å². The van der Waals surface area contributed by atoms with Gasteiger partial charge in [0.1, 0.15) is 0 Å².